The van der Waals surface area contributed by atoms with E-state index < -0.39 is 5.97 Å². The molecule has 0 saturated heterocycles. The van der Waals surface area contributed by atoms with Gasteiger partial charge in [0.15, 0.2) is 0 Å². The lowest BCUT2D eigenvalue weighted by Crippen LogP contribution is -2.19. The standard InChI is InChI=1S/C17H22N2O2/c1-4-11(2)9-12(3)18-16-10-14(17(20)21)13-7-5-6-8-15(13)19-16/h5-8,10-12H,4,9H2,1-3H3,(H,18,19)(H,20,21). The van der Waals surface area contributed by atoms with Crippen molar-refractivity contribution in [3.05, 3.63) is 35.9 Å². The molecule has 0 amide bonds. The van der Waals surface area contributed by atoms with Gasteiger partial charge in [-0.1, -0.05) is 38.5 Å². The zero-order valence-electron chi connectivity index (χ0n) is 12.8. The van der Waals surface area contributed by atoms with E-state index in [9.17, 15) is 9.90 Å². The Morgan fingerprint density at radius 1 is 1.33 bits per heavy atom. The first-order valence-electron chi connectivity index (χ1n) is 7.40. The summed E-state index contributed by atoms with van der Waals surface area (Å²) < 4.78 is 0. The molecule has 4 heteroatoms. The predicted octanol–water partition coefficient (Wildman–Crippen LogP) is 4.17. The van der Waals surface area contributed by atoms with Gasteiger partial charge in [-0.2, -0.15) is 0 Å². The zero-order chi connectivity index (χ0) is 15.4. The molecule has 0 fully saturated rings. The van der Waals surface area contributed by atoms with Crippen molar-refractivity contribution in [2.24, 2.45) is 5.92 Å². The van der Waals surface area contributed by atoms with Gasteiger partial charge in [0.1, 0.15) is 5.82 Å². The van der Waals surface area contributed by atoms with E-state index in [-0.39, 0.29) is 6.04 Å². The van der Waals surface area contributed by atoms with E-state index in [1.807, 2.05) is 18.2 Å². The number of nitrogens with zero attached hydrogens (tertiary/aromatic N) is 1. The van der Waals surface area contributed by atoms with Crippen LogP contribution in [0.25, 0.3) is 10.9 Å². The highest BCUT2D eigenvalue weighted by atomic mass is 16.4. The minimum atomic E-state index is -0.925. The molecule has 1 heterocycles. The Hall–Kier alpha value is -2.10. The van der Waals surface area contributed by atoms with Gasteiger partial charge in [-0.25, -0.2) is 9.78 Å². The molecule has 2 N–H and O–H groups in total. The molecule has 0 aliphatic heterocycles. The molecule has 1 aromatic heterocycles. The molecular formula is C17H22N2O2. The third-order valence-corrected chi connectivity index (χ3v) is 3.79. The highest BCUT2D eigenvalue weighted by Crippen LogP contribution is 2.22. The van der Waals surface area contributed by atoms with Crippen molar-refractivity contribution in [1.29, 1.82) is 0 Å². The van der Waals surface area contributed by atoms with Crippen molar-refractivity contribution < 1.29 is 9.90 Å². The number of hydrogen-bond donors (Lipinski definition) is 2. The van der Waals surface area contributed by atoms with E-state index in [1.54, 1.807) is 12.1 Å². The maximum absolute atomic E-state index is 11.4. The van der Waals surface area contributed by atoms with E-state index >= 15 is 0 Å². The average Bonchev–Trinajstić information content (AvgIpc) is 2.45. The summed E-state index contributed by atoms with van der Waals surface area (Å²) in [5.41, 5.74) is 0.995. The first kappa shape index (κ1) is 15.3. The lowest BCUT2D eigenvalue weighted by molar-refractivity contribution is 0.0699. The van der Waals surface area contributed by atoms with Crippen molar-refractivity contribution in [3.8, 4) is 0 Å². The van der Waals surface area contributed by atoms with Gasteiger partial charge in [-0.05, 0) is 31.4 Å². The van der Waals surface area contributed by atoms with Gasteiger partial charge < -0.3 is 10.4 Å². The van der Waals surface area contributed by atoms with Crippen LogP contribution in [0, 0.1) is 5.92 Å². The summed E-state index contributed by atoms with van der Waals surface area (Å²) >= 11 is 0. The summed E-state index contributed by atoms with van der Waals surface area (Å²) in [5, 5.41) is 13.4. The van der Waals surface area contributed by atoms with Gasteiger partial charge in [-0.15, -0.1) is 0 Å². The van der Waals surface area contributed by atoms with E-state index in [2.05, 4.69) is 31.1 Å². The maximum atomic E-state index is 11.4. The van der Waals surface area contributed by atoms with Gasteiger partial charge >= 0.3 is 5.97 Å². The molecule has 0 saturated carbocycles. The fourth-order valence-corrected chi connectivity index (χ4v) is 2.51. The van der Waals surface area contributed by atoms with Crippen LogP contribution in [0.3, 0.4) is 0 Å². The number of fused-ring (bicyclic) bond motifs is 1. The number of carboxylic acids is 1. The molecular weight excluding hydrogens is 264 g/mol. The summed E-state index contributed by atoms with van der Waals surface area (Å²) in [5.74, 6) is 0.333. The number of carboxylic acid groups (broad SMARTS) is 1. The molecule has 0 radical (unpaired) electrons. The first-order valence-corrected chi connectivity index (χ1v) is 7.40. The minimum absolute atomic E-state index is 0.259. The third kappa shape index (κ3) is 3.72. The van der Waals surface area contributed by atoms with Gasteiger partial charge in [-0.3, -0.25) is 0 Å². The monoisotopic (exact) mass is 286 g/mol. The van der Waals surface area contributed by atoms with Crippen molar-refractivity contribution in [2.75, 3.05) is 5.32 Å². The normalized spacial score (nSPS) is 13.9. The molecule has 2 unspecified atom stereocenters. The van der Waals surface area contributed by atoms with Crippen molar-refractivity contribution >= 4 is 22.7 Å². The van der Waals surface area contributed by atoms with Crippen LogP contribution in [0.4, 0.5) is 5.82 Å². The van der Waals surface area contributed by atoms with Crippen LogP contribution in [0.15, 0.2) is 30.3 Å². The quantitative estimate of drug-likeness (QED) is 0.836. The Balaban J connectivity index is 2.30. The summed E-state index contributed by atoms with van der Waals surface area (Å²) in [6.45, 7) is 6.49. The van der Waals surface area contributed by atoms with E-state index in [4.69, 9.17) is 0 Å². The second kappa shape index (κ2) is 6.57. The summed E-state index contributed by atoms with van der Waals surface area (Å²) in [6.07, 6.45) is 2.17. The summed E-state index contributed by atoms with van der Waals surface area (Å²) in [4.78, 5) is 15.9. The Morgan fingerprint density at radius 2 is 2.05 bits per heavy atom. The van der Waals surface area contributed by atoms with Gasteiger partial charge in [0.25, 0.3) is 0 Å². The van der Waals surface area contributed by atoms with Crippen molar-refractivity contribution in [2.45, 2.75) is 39.7 Å². The molecule has 2 rings (SSSR count). The van der Waals surface area contributed by atoms with E-state index in [0.717, 1.165) is 12.8 Å². The fourth-order valence-electron chi connectivity index (χ4n) is 2.51. The summed E-state index contributed by atoms with van der Waals surface area (Å²) in [7, 11) is 0. The zero-order valence-corrected chi connectivity index (χ0v) is 12.8. The van der Waals surface area contributed by atoms with Crippen LogP contribution in [0.5, 0.6) is 0 Å². The second-order valence-electron chi connectivity index (χ2n) is 5.67. The van der Waals surface area contributed by atoms with Crippen LogP contribution >= 0.6 is 0 Å². The molecule has 0 aliphatic rings. The molecule has 4 nitrogen and oxygen atoms in total. The summed E-state index contributed by atoms with van der Waals surface area (Å²) in [6, 6.07) is 9.21. The fraction of sp³-hybridized carbons (Fsp3) is 0.412. The molecule has 2 atom stereocenters. The smallest absolute Gasteiger partial charge is 0.336 e. The number of carbonyl (C=O) groups is 1. The molecule has 2 aromatic rings. The van der Waals surface area contributed by atoms with E-state index in [0.29, 0.717) is 28.2 Å². The van der Waals surface area contributed by atoms with Crippen LogP contribution in [-0.4, -0.2) is 22.1 Å². The number of nitrogens with one attached hydrogen (secondary N) is 1. The number of pyridine rings is 1. The SMILES string of the molecule is CCC(C)CC(C)Nc1cc(C(=O)O)c2ccccc2n1. The highest BCUT2D eigenvalue weighted by molar-refractivity contribution is 6.03. The number of rotatable bonds is 6. The minimum Gasteiger partial charge on any atom is -0.478 e. The predicted molar refractivity (Wildman–Crippen MR) is 85.9 cm³/mol. The third-order valence-electron chi connectivity index (χ3n) is 3.79. The topological polar surface area (TPSA) is 62.2 Å². The van der Waals surface area contributed by atoms with Crippen LogP contribution < -0.4 is 5.32 Å². The van der Waals surface area contributed by atoms with Crippen molar-refractivity contribution in [3.63, 3.8) is 0 Å². The largest absolute Gasteiger partial charge is 0.478 e. The van der Waals surface area contributed by atoms with Crippen LogP contribution in [-0.2, 0) is 0 Å². The lowest BCUT2D eigenvalue weighted by Gasteiger charge is -2.18. The number of aromatic carboxylic acids is 1. The first-order chi connectivity index (χ1) is 10.0. The van der Waals surface area contributed by atoms with Crippen molar-refractivity contribution in [1.82, 2.24) is 4.98 Å². The van der Waals surface area contributed by atoms with Gasteiger partial charge in [0.05, 0.1) is 11.1 Å². The van der Waals surface area contributed by atoms with Gasteiger partial charge in [0.2, 0.25) is 0 Å². The number of benzene rings is 1. The number of para-hydroxylation sites is 1. The maximum Gasteiger partial charge on any atom is 0.336 e. The van der Waals surface area contributed by atoms with Crippen LogP contribution in [0.1, 0.15) is 44.0 Å². The Morgan fingerprint density at radius 3 is 2.71 bits per heavy atom. The molecule has 0 aliphatic carbocycles. The molecule has 21 heavy (non-hydrogen) atoms. The number of aromatic nitrogens is 1. The van der Waals surface area contributed by atoms with E-state index in [1.165, 1.54) is 0 Å². The second-order valence-corrected chi connectivity index (χ2v) is 5.67. The molecule has 112 valence electrons. The van der Waals surface area contributed by atoms with Gasteiger partial charge in [0, 0.05) is 11.4 Å². The molecule has 1 aromatic carbocycles. The number of anilines is 1. The Kier molecular flexibility index (Phi) is 4.78. The average molecular weight is 286 g/mol. The Labute approximate surface area is 125 Å². The highest BCUT2D eigenvalue weighted by Gasteiger charge is 2.13. The van der Waals surface area contributed by atoms with Crippen LogP contribution in [0.2, 0.25) is 0 Å². The lowest BCUT2D eigenvalue weighted by atomic mass is 10.0. The molecule has 0 bridgehead atoms. The molecule has 0 spiro atoms. The Bertz CT molecular complexity index is 640. The number of hydrogen-bond acceptors (Lipinski definition) is 3.